The van der Waals surface area contributed by atoms with Gasteiger partial charge in [0.05, 0.1) is 23.6 Å². The largest absolute Gasteiger partial charge is 0.480 e. The van der Waals surface area contributed by atoms with Gasteiger partial charge in [-0.2, -0.15) is 10.2 Å². The molecule has 0 spiro atoms. The van der Waals surface area contributed by atoms with Crippen LogP contribution < -0.4 is 5.32 Å². The molecule has 2 heterocycles. The molecule has 0 bridgehead atoms. The molecule has 0 radical (unpaired) electrons. The number of aliphatic carboxylic acids is 1. The van der Waals surface area contributed by atoms with Gasteiger partial charge in [0.1, 0.15) is 6.04 Å². The van der Waals surface area contributed by atoms with Gasteiger partial charge in [0, 0.05) is 18.9 Å². The number of carbonyl (C=O) groups excluding carboxylic acids is 1. The molecule has 0 aliphatic rings. The van der Waals surface area contributed by atoms with E-state index in [1.54, 1.807) is 17.1 Å². The lowest BCUT2D eigenvalue weighted by Gasteiger charge is -2.05. The Morgan fingerprint density at radius 3 is 2.70 bits per heavy atom. The summed E-state index contributed by atoms with van der Waals surface area (Å²) in [5.41, 5.74) is 0.873. The fraction of sp³-hybridized carbons (Fsp3) is 0.333. The number of carboxylic acid groups (broad SMARTS) is 1. The lowest BCUT2D eigenvalue weighted by atomic mass is 10.3. The number of carboxylic acids is 1. The van der Waals surface area contributed by atoms with E-state index in [4.69, 9.17) is 5.11 Å². The van der Waals surface area contributed by atoms with E-state index in [0.29, 0.717) is 17.8 Å². The highest BCUT2D eigenvalue weighted by molar-refractivity contribution is 6.03. The van der Waals surface area contributed by atoms with Crippen LogP contribution in [0.2, 0.25) is 0 Å². The summed E-state index contributed by atoms with van der Waals surface area (Å²) in [5, 5.41) is 19.5. The minimum atomic E-state index is -1.01. The van der Waals surface area contributed by atoms with Gasteiger partial charge in [-0.1, -0.05) is 0 Å². The molecule has 2 aromatic heterocycles. The first-order valence-electron chi connectivity index (χ1n) is 6.12. The number of hydrogen-bond acceptors (Lipinski definition) is 4. The Kier molecular flexibility index (Phi) is 3.83. The molecule has 2 rings (SSSR count). The first-order valence-corrected chi connectivity index (χ1v) is 6.12. The number of aromatic nitrogens is 4. The van der Waals surface area contributed by atoms with E-state index in [-0.39, 0.29) is 5.91 Å². The SMILES string of the molecule is CCn1cc(NC(=O)c2cnn(C(C)C(=O)O)c2)cn1. The van der Waals surface area contributed by atoms with Crippen LogP contribution in [0.4, 0.5) is 5.69 Å². The molecule has 8 heteroatoms. The minimum absolute atomic E-state index is 0.294. The van der Waals surface area contributed by atoms with Crippen molar-refractivity contribution in [1.82, 2.24) is 19.6 Å². The van der Waals surface area contributed by atoms with Crippen molar-refractivity contribution in [3.8, 4) is 0 Å². The second-order valence-corrected chi connectivity index (χ2v) is 4.26. The second-order valence-electron chi connectivity index (χ2n) is 4.26. The van der Waals surface area contributed by atoms with E-state index in [9.17, 15) is 9.59 Å². The number of rotatable bonds is 5. The van der Waals surface area contributed by atoms with Crippen molar-refractivity contribution in [1.29, 1.82) is 0 Å². The van der Waals surface area contributed by atoms with E-state index >= 15 is 0 Å². The Balaban J connectivity index is 2.08. The molecule has 0 saturated carbocycles. The molecule has 1 amide bonds. The van der Waals surface area contributed by atoms with Crippen LogP contribution in [0.25, 0.3) is 0 Å². The van der Waals surface area contributed by atoms with E-state index in [2.05, 4.69) is 15.5 Å². The Morgan fingerprint density at radius 2 is 2.10 bits per heavy atom. The van der Waals surface area contributed by atoms with E-state index in [1.807, 2.05) is 6.92 Å². The summed E-state index contributed by atoms with van der Waals surface area (Å²) >= 11 is 0. The molecule has 8 nitrogen and oxygen atoms in total. The van der Waals surface area contributed by atoms with Crippen LogP contribution in [0.1, 0.15) is 30.2 Å². The summed E-state index contributed by atoms with van der Waals surface area (Å²) in [6.07, 6.45) is 5.99. The molecule has 0 aliphatic carbocycles. The van der Waals surface area contributed by atoms with Gasteiger partial charge in [-0.3, -0.25) is 14.2 Å². The number of nitrogens with one attached hydrogen (secondary N) is 1. The molecule has 0 aliphatic heterocycles. The summed E-state index contributed by atoms with van der Waals surface area (Å²) < 4.78 is 2.91. The Morgan fingerprint density at radius 1 is 1.35 bits per heavy atom. The highest BCUT2D eigenvalue weighted by atomic mass is 16.4. The zero-order chi connectivity index (χ0) is 14.7. The summed E-state index contributed by atoms with van der Waals surface area (Å²) in [7, 11) is 0. The maximum absolute atomic E-state index is 12.0. The quantitative estimate of drug-likeness (QED) is 0.848. The Hall–Kier alpha value is -2.64. The smallest absolute Gasteiger partial charge is 0.328 e. The van der Waals surface area contributed by atoms with Crippen LogP contribution in [-0.4, -0.2) is 36.5 Å². The molecule has 106 valence electrons. The Bertz CT molecular complexity index is 631. The highest BCUT2D eigenvalue weighted by Gasteiger charge is 2.16. The molecule has 1 atom stereocenters. The number of anilines is 1. The lowest BCUT2D eigenvalue weighted by molar-refractivity contribution is -0.140. The molecule has 2 N–H and O–H groups in total. The summed E-state index contributed by atoms with van der Waals surface area (Å²) in [4.78, 5) is 22.8. The van der Waals surface area contributed by atoms with Gasteiger partial charge in [-0.05, 0) is 13.8 Å². The minimum Gasteiger partial charge on any atom is -0.480 e. The van der Waals surface area contributed by atoms with Crippen molar-refractivity contribution < 1.29 is 14.7 Å². The van der Waals surface area contributed by atoms with Crippen LogP contribution >= 0.6 is 0 Å². The molecule has 1 unspecified atom stereocenters. The third-order valence-corrected chi connectivity index (χ3v) is 2.83. The van der Waals surface area contributed by atoms with Gasteiger partial charge in [0.25, 0.3) is 5.91 Å². The van der Waals surface area contributed by atoms with Crippen LogP contribution in [-0.2, 0) is 11.3 Å². The van der Waals surface area contributed by atoms with Gasteiger partial charge < -0.3 is 10.4 Å². The van der Waals surface area contributed by atoms with Crippen molar-refractivity contribution in [2.75, 3.05) is 5.32 Å². The second kappa shape index (κ2) is 5.55. The number of hydrogen-bond donors (Lipinski definition) is 2. The summed E-state index contributed by atoms with van der Waals surface area (Å²) in [6, 6.07) is -0.820. The molecule has 0 aromatic carbocycles. The normalized spacial score (nSPS) is 12.1. The lowest BCUT2D eigenvalue weighted by Crippen LogP contribution is -2.16. The van der Waals surface area contributed by atoms with Crippen LogP contribution in [0.5, 0.6) is 0 Å². The van der Waals surface area contributed by atoms with Crippen LogP contribution in [0.3, 0.4) is 0 Å². The topological polar surface area (TPSA) is 102 Å². The first kappa shape index (κ1) is 13.8. The van der Waals surface area contributed by atoms with Crippen molar-refractivity contribution in [3.63, 3.8) is 0 Å². The van der Waals surface area contributed by atoms with Crippen molar-refractivity contribution >= 4 is 17.6 Å². The molecule has 2 aromatic rings. The molecule has 0 fully saturated rings. The number of aryl methyl sites for hydroxylation is 1. The number of carbonyl (C=O) groups is 2. The van der Waals surface area contributed by atoms with Gasteiger partial charge in [0.2, 0.25) is 0 Å². The molecule has 20 heavy (non-hydrogen) atoms. The maximum Gasteiger partial charge on any atom is 0.328 e. The van der Waals surface area contributed by atoms with Gasteiger partial charge in [-0.15, -0.1) is 0 Å². The van der Waals surface area contributed by atoms with Crippen molar-refractivity contribution in [2.45, 2.75) is 26.4 Å². The summed E-state index contributed by atoms with van der Waals surface area (Å²) in [6.45, 7) is 4.14. The predicted octanol–water partition coefficient (Wildman–Crippen LogP) is 0.997. The number of nitrogens with zero attached hydrogens (tertiary/aromatic N) is 4. The van der Waals surface area contributed by atoms with Gasteiger partial charge >= 0.3 is 5.97 Å². The predicted molar refractivity (Wildman–Crippen MR) is 70.4 cm³/mol. The van der Waals surface area contributed by atoms with E-state index < -0.39 is 12.0 Å². The van der Waals surface area contributed by atoms with Gasteiger partial charge in [-0.25, -0.2) is 4.79 Å². The zero-order valence-electron chi connectivity index (χ0n) is 11.1. The van der Waals surface area contributed by atoms with E-state index in [1.165, 1.54) is 24.0 Å². The molecular formula is C12H15N5O3. The standard InChI is InChI=1S/C12H15N5O3/c1-3-16-7-10(5-13-16)15-11(18)9-4-14-17(6-9)8(2)12(19)20/h4-8H,3H2,1-2H3,(H,15,18)(H,19,20). The average Bonchev–Trinajstić information content (AvgIpc) is 3.06. The van der Waals surface area contributed by atoms with Crippen LogP contribution in [0, 0.1) is 0 Å². The third kappa shape index (κ3) is 2.85. The molecule has 0 saturated heterocycles. The fourth-order valence-corrected chi connectivity index (χ4v) is 1.58. The van der Waals surface area contributed by atoms with Crippen LogP contribution in [0.15, 0.2) is 24.8 Å². The average molecular weight is 277 g/mol. The van der Waals surface area contributed by atoms with E-state index in [0.717, 1.165) is 0 Å². The van der Waals surface area contributed by atoms with Gasteiger partial charge in [0.15, 0.2) is 0 Å². The monoisotopic (exact) mass is 277 g/mol. The van der Waals surface area contributed by atoms with Crippen molar-refractivity contribution in [3.05, 3.63) is 30.4 Å². The first-order chi connectivity index (χ1) is 9.51. The number of amides is 1. The highest BCUT2D eigenvalue weighted by Crippen LogP contribution is 2.10. The third-order valence-electron chi connectivity index (χ3n) is 2.83. The van der Waals surface area contributed by atoms with Crippen molar-refractivity contribution in [2.24, 2.45) is 0 Å². The fourth-order valence-electron chi connectivity index (χ4n) is 1.58. The maximum atomic E-state index is 12.0. The zero-order valence-corrected chi connectivity index (χ0v) is 11.1. The summed E-state index contributed by atoms with van der Waals surface area (Å²) in [5.74, 6) is -1.37. The Labute approximate surface area is 115 Å². The molecular weight excluding hydrogens is 262 g/mol.